The number of hydrogen-bond acceptors (Lipinski definition) is 0. The van der Waals surface area contributed by atoms with Crippen LogP contribution < -0.4 is 29.6 Å². The second-order valence-corrected chi connectivity index (χ2v) is 2.74. The maximum absolute atomic E-state index is 2.21. The summed E-state index contributed by atoms with van der Waals surface area (Å²) >= 11 is 0. The van der Waals surface area contributed by atoms with Crippen molar-refractivity contribution < 1.29 is 31.0 Å². The van der Waals surface area contributed by atoms with Gasteiger partial charge >= 0.3 is 29.6 Å². The molecule has 0 saturated heterocycles. The van der Waals surface area contributed by atoms with E-state index in [0.717, 1.165) is 0 Å². The zero-order valence-electron chi connectivity index (χ0n) is 8.72. The molecule has 0 bridgehead atoms. The quantitative estimate of drug-likeness (QED) is 0.534. The Labute approximate surface area is 92.8 Å². The summed E-state index contributed by atoms with van der Waals surface area (Å²) in [6.07, 6.45) is 2.45. The van der Waals surface area contributed by atoms with Gasteiger partial charge in [0.05, 0.1) is 0 Å². The van der Waals surface area contributed by atoms with Gasteiger partial charge in [0, 0.05) is 0 Å². The summed E-state index contributed by atoms with van der Waals surface area (Å²) in [5.41, 5.74) is 2.80. The second kappa shape index (κ2) is 5.82. The predicted molar refractivity (Wildman–Crippen MR) is 46.3 cm³/mol. The smallest absolute Gasteiger partial charge is 1.00 e. The Morgan fingerprint density at radius 3 is 2.18 bits per heavy atom. The van der Waals surface area contributed by atoms with E-state index in [1.165, 1.54) is 24.0 Å². The molecule has 11 heavy (non-hydrogen) atoms. The van der Waals surface area contributed by atoms with Crippen LogP contribution in [0.1, 0.15) is 25.9 Å². The third-order valence-corrected chi connectivity index (χ3v) is 1.66. The van der Waals surface area contributed by atoms with Crippen molar-refractivity contribution in [2.24, 2.45) is 0 Å². The normalized spacial score (nSPS) is 8.91. The molecular formula is C10H15Na. The fraction of sp³-hybridized carbons (Fsp3) is 0.400. The summed E-state index contributed by atoms with van der Waals surface area (Å²) < 4.78 is 0. The first-order valence-corrected chi connectivity index (χ1v) is 3.88. The summed E-state index contributed by atoms with van der Waals surface area (Å²) in [6.45, 7) is 4.33. The summed E-state index contributed by atoms with van der Waals surface area (Å²) in [7, 11) is 0. The van der Waals surface area contributed by atoms with Gasteiger partial charge in [-0.15, -0.1) is 0 Å². The Balaban J connectivity index is 0. The number of aryl methyl sites for hydroxylation is 2. The molecule has 0 aliphatic rings. The Hall–Kier alpha value is 0.220. The number of rotatable bonds is 2. The van der Waals surface area contributed by atoms with Gasteiger partial charge in [-0.3, -0.25) is 0 Å². The van der Waals surface area contributed by atoms with Crippen LogP contribution in [0.3, 0.4) is 0 Å². The zero-order chi connectivity index (χ0) is 7.40. The number of hydrogen-bond donors (Lipinski definition) is 0. The van der Waals surface area contributed by atoms with E-state index in [0.29, 0.717) is 0 Å². The Morgan fingerprint density at radius 2 is 1.73 bits per heavy atom. The standard InChI is InChI=1S/C10H14.Na.H/c1-3-4-10-7-5-9(2)6-8-10;;/h5-8H,3-4H2,1-2H3;;/q;+1;-1. The van der Waals surface area contributed by atoms with Crippen molar-refractivity contribution in [3.63, 3.8) is 0 Å². The van der Waals surface area contributed by atoms with Crippen LogP contribution >= 0.6 is 0 Å². The molecule has 0 nitrogen and oxygen atoms in total. The third-order valence-electron chi connectivity index (χ3n) is 1.66. The average Bonchev–Trinajstić information content (AvgIpc) is 1.95. The Bertz CT molecular complexity index is 193. The topological polar surface area (TPSA) is 0 Å². The molecule has 1 heteroatoms. The third kappa shape index (κ3) is 3.95. The van der Waals surface area contributed by atoms with E-state index < -0.39 is 0 Å². The van der Waals surface area contributed by atoms with Crippen molar-refractivity contribution in [2.75, 3.05) is 0 Å². The molecule has 1 rings (SSSR count). The zero-order valence-corrected chi connectivity index (χ0v) is 9.72. The van der Waals surface area contributed by atoms with E-state index in [4.69, 9.17) is 0 Å². The first-order chi connectivity index (χ1) is 4.83. The van der Waals surface area contributed by atoms with Crippen LogP contribution in [0, 0.1) is 6.92 Å². The Morgan fingerprint density at radius 1 is 1.18 bits per heavy atom. The minimum Gasteiger partial charge on any atom is -1.00 e. The fourth-order valence-corrected chi connectivity index (χ4v) is 1.04. The maximum atomic E-state index is 2.21. The molecule has 56 valence electrons. The molecule has 0 aliphatic heterocycles. The largest absolute Gasteiger partial charge is 1.00 e. The van der Waals surface area contributed by atoms with E-state index in [1.54, 1.807) is 0 Å². The van der Waals surface area contributed by atoms with Gasteiger partial charge in [-0.25, -0.2) is 0 Å². The minimum absolute atomic E-state index is 0. The molecule has 0 aliphatic carbocycles. The molecule has 0 fully saturated rings. The van der Waals surface area contributed by atoms with Gasteiger partial charge in [-0.2, -0.15) is 0 Å². The maximum Gasteiger partial charge on any atom is 1.00 e. The molecule has 0 amide bonds. The van der Waals surface area contributed by atoms with E-state index in [2.05, 4.69) is 38.1 Å². The van der Waals surface area contributed by atoms with Crippen molar-refractivity contribution in [1.82, 2.24) is 0 Å². The molecule has 0 radical (unpaired) electrons. The van der Waals surface area contributed by atoms with Crippen LogP contribution in [-0.4, -0.2) is 0 Å². The molecule has 0 unspecified atom stereocenters. The summed E-state index contributed by atoms with van der Waals surface area (Å²) in [4.78, 5) is 0. The van der Waals surface area contributed by atoms with E-state index in [9.17, 15) is 0 Å². The van der Waals surface area contributed by atoms with Crippen molar-refractivity contribution in [3.05, 3.63) is 35.4 Å². The molecule has 0 saturated carbocycles. The molecule has 1 aromatic carbocycles. The molecular weight excluding hydrogens is 143 g/mol. The van der Waals surface area contributed by atoms with E-state index in [-0.39, 0.29) is 31.0 Å². The second-order valence-electron chi connectivity index (χ2n) is 2.74. The van der Waals surface area contributed by atoms with E-state index in [1.807, 2.05) is 0 Å². The Kier molecular flexibility index (Phi) is 5.93. The van der Waals surface area contributed by atoms with Crippen molar-refractivity contribution in [1.29, 1.82) is 0 Å². The van der Waals surface area contributed by atoms with Crippen LogP contribution in [0.2, 0.25) is 0 Å². The van der Waals surface area contributed by atoms with Crippen molar-refractivity contribution in [2.45, 2.75) is 26.7 Å². The fourth-order valence-electron chi connectivity index (χ4n) is 1.04. The van der Waals surface area contributed by atoms with Gasteiger partial charge in [0.1, 0.15) is 0 Å². The van der Waals surface area contributed by atoms with Gasteiger partial charge < -0.3 is 1.43 Å². The van der Waals surface area contributed by atoms with Crippen molar-refractivity contribution in [3.8, 4) is 0 Å². The van der Waals surface area contributed by atoms with Gasteiger partial charge in [-0.1, -0.05) is 43.2 Å². The molecule has 0 heterocycles. The molecule has 0 atom stereocenters. The molecule has 0 N–H and O–H groups in total. The van der Waals surface area contributed by atoms with Gasteiger partial charge in [0.25, 0.3) is 0 Å². The van der Waals surface area contributed by atoms with Gasteiger partial charge in [-0.05, 0) is 18.9 Å². The molecule has 0 aromatic heterocycles. The van der Waals surface area contributed by atoms with Crippen LogP contribution in [0.25, 0.3) is 0 Å². The summed E-state index contributed by atoms with van der Waals surface area (Å²) in [5, 5.41) is 0. The van der Waals surface area contributed by atoms with Crippen LogP contribution in [0.5, 0.6) is 0 Å². The van der Waals surface area contributed by atoms with Crippen LogP contribution in [-0.2, 0) is 6.42 Å². The summed E-state index contributed by atoms with van der Waals surface area (Å²) in [6, 6.07) is 8.76. The molecule has 0 spiro atoms. The summed E-state index contributed by atoms with van der Waals surface area (Å²) in [5.74, 6) is 0. The number of benzene rings is 1. The first-order valence-electron chi connectivity index (χ1n) is 3.88. The van der Waals surface area contributed by atoms with Gasteiger partial charge in [0.15, 0.2) is 0 Å². The SMILES string of the molecule is CCCc1ccc(C)cc1.[H-].[Na+]. The average molecular weight is 158 g/mol. The van der Waals surface area contributed by atoms with Crippen LogP contribution in [0.4, 0.5) is 0 Å². The first kappa shape index (κ1) is 11.2. The monoisotopic (exact) mass is 158 g/mol. The van der Waals surface area contributed by atoms with Crippen LogP contribution in [0.15, 0.2) is 24.3 Å². The van der Waals surface area contributed by atoms with Crippen molar-refractivity contribution >= 4 is 0 Å². The van der Waals surface area contributed by atoms with Gasteiger partial charge in [0.2, 0.25) is 0 Å². The van der Waals surface area contributed by atoms with E-state index >= 15 is 0 Å². The minimum atomic E-state index is 0. The molecule has 1 aromatic rings. The predicted octanol–water partition coefficient (Wildman–Crippen LogP) is 0.0640.